The van der Waals surface area contributed by atoms with Crippen LogP contribution in [0.5, 0.6) is 0 Å². The van der Waals surface area contributed by atoms with E-state index in [1.807, 2.05) is 92.0 Å². The summed E-state index contributed by atoms with van der Waals surface area (Å²) in [5.74, 6) is 0.105. The second-order valence-corrected chi connectivity index (χ2v) is 29.3. The van der Waals surface area contributed by atoms with Gasteiger partial charge in [0.1, 0.15) is 29.0 Å². The average molecular weight is 1260 g/mol. The van der Waals surface area contributed by atoms with Gasteiger partial charge in [-0.3, -0.25) is 38.8 Å². The molecule has 6 fully saturated rings. The van der Waals surface area contributed by atoms with Crippen molar-refractivity contribution in [3.05, 3.63) is 130 Å². The third kappa shape index (κ3) is 12.6. The fourth-order valence-electron chi connectivity index (χ4n) is 15.4. The van der Waals surface area contributed by atoms with Crippen molar-refractivity contribution in [2.45, 2.75) is 143 Å². The molecule has 4 aromatic heterocycles. The highest BCUT2D eigenvalue weighted by atomic mass is 32.1. The molecular weight excluding hydrogens is 1190 g/mol. The van der Waals surface area contributed by atoms with E-state index in [4.69, 9.17) is 10.1 Å². The van der Waals surface area contributed by atoms with E-state index in [0.29, 0.717) is 60.0 Å². The maximum absolute atomic E-state index is 14.8. The van der Waals surface area contributed by atoms with Gasteiger partial charge in [0.15, 0.2) is 5.13 Å². The zero-order chi connectivity index (χ0) is 63.5. The average Bonchev–Trinajstić information content (AvgIpc) is 1.58. The number of aryl methyl sites for hydroxylation is 1. The zero-order valence-electron chi connectivity index (χ0n) is 52.0. The monoisotopic (exact) mass is 1260 g/mol. The van der Waals surface area contributed by atoms with E-state index < -0.39 is 64.6 Å². The lowest BCUT2D eigenvalue weighted by atomic mass is 9.49. The molecule has 7 aliphatic rings. The molecule has 2 unspecified atom stereocenters. The highest BCUT2D eigenvalue weighted by molar-refractivity contribution is 7.22. The number of rotatable bonds is 19. The number of fused-ring (bicyclic) bond motifs is 2. The van der Waals surface area contributed by atoms with E-state index >= 15 is 0 Å². The molecule has 0 radical (unpaired) electrons. The number of aliphatic hydroxyl groups excluding tert-OH is 1. The second kappa shape index (κ2) is 24.7. The number of carbonyl (C=O) groups is 6. The van der Waals surface area contributed by atoms with Gasteiger partial charge in [-0.2, -0.15) is 10.4 Å². The predicted octanol–water partition coefficient (Wildman–Crippen LogP) is 9.22. The first-order valence-corrected chi connectivity index (χ1v) is 33.5. The number of anilines is 2. The first-order valence-electron chi connectivity index (χ1n) is 31.9. The topological polar surface area (TPSA) is 270 Å². The Hall–Kier alpha value is -8.39. The van der Waals surface area contributed by atoms with Crippen molar-refractivity contribution in [3.8, 4) is 27.6 Å². The summed E-state index contributed by atoms with van der Waals surface area (Å²) in [4.78, 5) is 104. The molecule has 5 aliphatic carbocycles. The summed E-state index contributed by atoms with van der Waals surface area (Å²) in [6, 6.07) is 23.9. The number of nitriles is 1. The maximum atomic E-state index is 14.8. The van der Waals surface area contributed by atoms with Crippen molar-refractivity contribution in [1.82, 2.24) is 50.9 Å². The Kier molecular flexibility index (Phi) is 16.7. The van der Waals surface area contributed by atoms with Gasteiger partial charge >= 0.3 is 0 Å². The number of β-amino-alcohol motifs (C(OH)–C–C–N with tert-alkyl or cyclic N) is 1. The number of hydrogen-bond acceptors (Lipinski definition) is 15. The van der Waals surface area contributed by atoms with Crippen LogP contribution in [0.1, 0.15) is 140 Å². The van der Waals surface area contributed by atoms with Gasteiger partial charge in [0.2, 0.25) is 23.6 Å². The number of aromatic nitrogens is 5. The van der Waals surface area contributed by atoms with Gasteiger partial charge in [0.25, 0.3) is 11.8 Å². The van der Waals surface area contributed by atoms with E-state index in [0.717, 1.165) is 73.0 Å². The number of amides is 6. The van der Waals surface area contributed by atoms with Gasteiger partial charge in [-0.05, 0) is 153 Å². The predicted molar refractivity (Wildman–Crippen MR) is 347 cm³/mol. The minimum absolute atomic E-state index is 0.0285. The molecule has 4 bridgehead atoms. The molecule has 91 heavy (non-hydrogen) atoms. The van der Waals surface area contributed by atoms with Crippen LogP contribution >= 0.6 is 22.7 Å². The summed E-state index contributed by atoms with van der Waals surface area (Å²) in [5, 5.41) is 41.2. The third-order valence-corrected chi connectivity index (χ3v) is 21.8. The number of para-hydroxylation sites is 1. The van der Waals surface area contributed by atoms with Gasteiger partial charge in [0.05, 0.1) is 57.1 Å². The summed E-state index contributed by atoms with van der Waals surface area (Å²) in [5.41, 5.74) is 8.25. The molecular formula is C69H77N13O7S2. The number of carbonyl (C=O) groups excluding carboxylic acids is 6. The summed E-state index contributed by atoms with van der Waals surface area (Å²) >= 11 is 2.92. The molecule has 22 heteroatoms. The quantitative estimate of drug-likeness (QED) is 0.0413. The van der Waals surface area contributed by atoms with E-state index in [9.17, 15) is 39.1 Å². The number of likely N-dealkylation sites (tertiary alicyclic amines) is 1. The number of benzene rings is 3. The van der Waals surface area contributed by atoms with Crippen LogP contribution < -0.4 is 31.5 Å². The van der Waals surface area contributed by atoms with Gasteiger partial charge in [-0.25, -0.2) is 15.0 Å². The Bertz CT molecular complexity index is 3970. The Morgan fingerprint density at radius 1 is 0.835 bits per heavy atom. The van der Waals surface area contributed by atoms with Crippen molar-refractivity contribution < 1.29 is 33.9 Å². The number of aliphatic hydroxyl groups is 1. The van der Waals surface area contributed by atoms with Crippen molar-refractivity contribution in [3.63, 3.8) is 0 Å². The van der Waals surface area contributed by atoms with Crippen LogP contribution in [0.25, 0.3) is 31.8 Å². The van der Waals surface area contributed by atoms with Gasteiger partial charge < -0.3 is 36.2 Å². The molecule has 20 nitrogen and oxygen atoms in total. The Labute approximate surface area is 537 Å². The molecule has 4 atom stereocenters. The van der Waals surface area contributed by atoms with Crippen LogP contribution in [-0.2, 0) is 38.7 Å². The van der Waals surface area contributed by atoms with Crippen LogP contribution in [0.15, 0.2) is 90.6 Å². The minimum atomic E-state index is -1.19. The standard InChI is InChI=1S/C69H77N13O7S2/c1-39-59(90-38-73-39)46-15-13-45(14-16-46)53(75-62(86)54-28-47(83)34-81(54)64(88)60(67(3,4)5)78-65(89)69(36-70)20-21-69)29-57(84)71-22-23-72-63(87)58-48(50-33-74-82(40(50)2)37-68-30-41-25-42(31-68)27-43(26-41)32-68)17-18-56(77-58)80-24-19-44-9-8-10-49(51(44)35-80)61(85)79-66-76-52-11-6-7-12-55(52)91-66/h6-18,33,38,41-43,47,53-54,60,83H,19-32,34-35,37H2,1-5H3,(H,71,84)(H,72,87)(H,75,86)(H,78,89)(H,76,79,85)/t41?,42?,43?,47-,53?,54+,60?,68?/m1/s1. The lowest BCUT2D eigenvalue weighted by Crippen LogP contribution is -2.58. The minimum Gasteiger partial charge on any atom is -0.391 e. The summed E-state index contributed by atoms with van der Waals surface area (Å²) in [7, 11) is 0. The summed E-state index contributed by atoms with van der Waals surface area (Å²) < 4.78 is 3.12. The number of thiazole rings is 2. The fourth-order valence-corrected chi connectivity index (χ4v) is 17.0. The maximum Gasteiger partial charge on any atom is 0.270 e. The number of nitrogens with one attached hydrogen (secondary N) is 5. The van der Waals surface area contributed by atoms with Crippen molar-refractivity contribution in [2.75, 3.05) is 36.4 Å². The fraction of sp³-hybridized carbons (Fsp3) is 0.464. The second-order valence-electron chi connectivity index (χ2n) is 27.5. The van der Waals surface area contributed by atoms with Gasteiger partial charge in [0, 0.05) is 68.1 Å². The van der Waals surface area contributed by atoms with Crippen LogP contribution in [0, 0.1) is 59.2 Å². The number of pyridine rings is 1. The molecule has 6 N–H and O–H groups in total. The molecule has 14 rings (SSSR count). The highest BCUT2D eigenvalue weighted by Gasteiger charge is 2.54. The molecule has 1 saturated heterocycles. The Balaban J connectivity index is 0.724. The van der Waals surface area contributed by atoms with E-state index in [2.05, 4.69) is 59.1 Å². The normalized spacial score (nSPS) is 22.6. The first-order chi connectivity index (χ1) is 43.7. The largest absolute Gasteiger partial charge is 0.391 e. The van der Waals surface area contributed by atoms with Crippen LogP contribution in [-0.4, -0.2) is 115 Å². The van der Waals surface area contributed by atoms with Crippen molar-refractivity contribution >= 4 is 79.3 Å². The highest BCUT2D eigenvalue weighted by Crippen LogP contribution is 2.61. The van der Waals surface area contributed by atoms with Crippen molar-refractivity contribution in [2.24, 2.45) is 34.0 Å². The molecule has 0 spiro atoms. The van der Waals surface area contributed by atoms with Crippen LogP contribution in [0.2, 0.25) is 0 Å². The van der Waals surface area contributed by atoms with E-state index in [1.54, 1.807) is 26.3 Å². The van der Waals surface area contributed by atoms with Gasteiger partial charge in [-0.15, -0.1) is 11.3 Å². The molecule has 472 valence electrons. The SMILES string of the molecule is Cc1ncsc1-c1ccc(C(CC(=O)NCCNC(=O)c2nc(N3CCc4cccc(C(=O)Nc5nc6ccccc6s5)c4C3)ccc2-c2cnn(CC34CC5CC(CC(C5)C3)C4)c2C)NC(=O)[C@@H]2C[C@@H](O)CN2C(=O)C(NC(=O)C2(C#N)CC2)C(C)(C)C)cc1. The Morgan fingerprint density at radius 2 is 1.57 bits per heavy atom. The number of nitrogens with zero attached hydrogens (tertiary/aromatic N) is 8. The van der Waals surface area contributed by atoms with E-state index in [-0.39, 0.29) is 49.5 Å². The molecule has 6 heterocycles. The molecule has 7 aromatic rings. The smallest absolute Gasteiger partial charge is 0.270 e. The lowest BCUT2D eigenvalue weighted by Gasteiger charge is -2.56. The number of hydrogen-bond donors (Lipinski definition) is 6. The summed E-state index contributed by atoms with van der Waals surface area (Å²) in [6.07, 6.45) is 9.67. The van der Waals surface area contributed by atoms with Crippen LogP contribution in [0.3, 0.4) is 0 Å². The molecule has 2 aliphatic heterocycles. The molecule has 6 amide bonds. The third-order valence-electron chi connectivity index (χ3n) is 19.9. The Morgan fingerprint density at radius 3 is 2.26 bits per heavy atom. The van der Waals surface area contributed by atoms with Crippen molar-refractivity contribution in [1.29, 1.82) is 5.26 Å². The van der Waals surface area contributed by atoms with E-state index in [1.165, 1.54) is 66.1 Å². The van der Waals surface area contributed by atoms with Crippen LogP contribution in [0.4, 0.5) is 10.9 Å². The first kappa shape index (κ1) is 61.5. The lowest BCUT2D eigenvalue weighted by molar-refractivity contribution is -0.144. The molecule has 5 saturated carbocycles. The molecule has 3 aromatic carbocycles. The zero-order valence-corrected chi connectivity index (χ0v) is 53.6. The summed E-state index contributed by atoms with van der Waals surface area (Å²) in [6.45, 7) is 11.1. The van der Waals surface area contributed by atoms with Gasteiger partial charge in [-0.1, -0.05) is 80.6 Å².